The molecule has 0 aromatic heterocycles. The first-order chi connectivity index (χ1) is 14.9. The van der Waals surface area contributed by atoms with Gasteiger partial charge in [-0.05, 0) is 43.3 Å². The lowest BCUT2D eigenvalue weighted by molar-refractivity contribution is -0.207. The van der Waals surface area contributed by atoms with Gasteiger partial charge in [0.15, 0.2) is 5.78 Å². The minimum absolute atomic E-state index is 0.00701. The molecule has 6 nitrogen and oxygen atoms in total. The van der Waals surface area contributed by atoms with Crippen LogP contribution in [0.4, 0.5) is 0 Å². The summed E-state index contributed by atoms with van der Waals surface area (Å²) >= 11 is 11.5. The highest BCUT2D eigenvalue weighted by Gasteiger charge is 2.74. The molecule has 32 heavy (non-hydrogen) atoms. The number of carbonyl (C=O) groups is 4. The molecule has 0 aromatic rings. The third-order valence-electron chi connectivity index (χ3n) is 8.73. The van der Waals surface area contributed by atoms with E-state index in [-0.39, 0.29) is 41.7 Å². The number of allylic oxidation sites excluding steroid dienone is 4. The summed E-state index contributed by atoms with van der Waals surface area (Å²) in [4.78, 5) is 50.0. The predicted molar refractivity (Wildman–Crippen MR) is 118 cm³/mol. The molecule has 0 unspecified atom stereocenters. The standard InChI is InChI=1S/C24H28Cl2O6/c1-12-9-16-15-6-5-13-10-14(27)7-8-22(13,2)18(15)17(28)11-23(16,3)24(12,21(30)31-4)32-20(29)19(25)26/h7-8,10,12,15-16,18-19H,5-6,9,11H2,1-4H3/t12-,15-,16-,18+,22-,23-,24-/m0/s1. The van der Waals surface area contributed by atoms with Crippen molar-refractivity contribution < 1.29 is 28.7 Å². The van der Waals surface area contributed by atoms with Crippen LogP contribution in [0, 0.1) is 34.5 Å². The second-order valence-corrected chi connectivity index (χ2v) is 11.2. The van der Waals surface area contributed by atoms with Crippen molar-refractivity contribution in [3.05, 3.63) is 23.8 Å². The molecule has 7 atom stereocenters. The molecule has 4 aliphatic carbocycles. The van der Waals surface area contributed by atoms with E-state index in [1.54, 1.807) is 12.2 Å². The predicted octanol–water partition coefficient (Wildman–Crippen LogP) is 3.98. The van der Waals surface area contributed by atoms with Crippen molar-refractivity contribution in [2.45, 2.75) is 56.9 Å². The number of esters is 2. The van der Waals surface area contributed by atoms with Crippen molar-refractivity contribution in [3.63, 3.8) is 0 Å². The summed E-state index contributed by atoms with van der Waals surface area (Å²) in [5, 5.41) is 0. The monoisotopic (exact) mass is 482 g/mol. The molecule has 0 spiro atoms. The van der Waals surface area contributed by atoms with Gasteiger partial charge >= 0.3 is 11.9 Å². The van der Waals surface area contributed by atoms with E-state index in [0.717, 1.165) is 12.0 Å². The van der Waals surface area contributed by atoms with Gasteiger partial charge in [-0.3, -0.25) is 9.59 Å². The SMILES string of the molecule is COC(=O)[C@@]1(OC(=O)C(Cl)Cl)[C@@H](C)C[C@H]2[C@@H]3CCC4=CC(=O)C=C[C@]4(C)[C@H]3C(=O)C[C@@]21C. The fourth-order valence-electron chi connectivity index (χ4n) is 7.40. The van der Waals surface area contributed by atoms with Crippen LogP contribution < -0.4 is 0 Å². The van der Waals surface area contributed by atoms with Crippen molar-refractivity contribution in [2.24, 2.45) is 34.5 Å². The molecule has 4 aliphatic rings. The van der Waals surface area contributed by atoms with Gasteiger partial charge in [0.2, 0.25) is 10.4 Å². The first-order valence-corrected chi connectivity index (χ1v) is 11.9. The Morgan fingerprint density at radius 3 is 2.53 bits per heavy atom. The molecular formula is C24H28Cl2O6. The molecule has 0 aliphatic heterocycles. The minimum atomic E-state index is -1.65. The zero-order valence-electron chi connectivity index (χ0n) is 18.7. The number of halogens is 2. The van der Waals surface area contributed by atoms with Gasteiger partial charge in [-0.2, -0.15) is 0 Å². The normalized spacial score (nSPS) is 42.7. The van der Waals surface area contributed by atoms with Gasteiger partial charge in [0, 0.05) is 29.1 Å². The van der Waals surface area contributed by atoms with Crippen LogP contribution >= 0.6 is 23.2 Å². The minimum Gasteiger partial charge on any atom is -0.466 e. The molecule has 8 heteroatoms. The summed E-state index contributed by atoms with van der Waals surface area (Å²) in [5.41, 5.74) is -2.14. The maximum atomic E-state index is 13.8. The Balaban J connectivity index is 1.81. The number of carbonyl (C=O) groups excluding carboxylic acids is 4. The van der Waals surface area contributed by atoms with E-state index in [9.17, 15) is 19.2 Å². The Labute approximate surface area is 197 Å². The van der Waals surface area contributed by atoms with Crippen LogP contribution in [0.15, 0.2) is 23.8 Å². The number of Topliss-reactive ketones (excluding diaryl/α,β-unsaturated/α-hetero) is 1. The van der Waals surface area contributed by atoms with Gasteiger partial charge in [0.1, 0.15) is 5.78 Å². The van der Waals surface area contributed by atoms with Crippen LogP contribution in [0.25, 0.3) is 0 Å². The fraction of sp³-hybridized carbons (Fsp3) is 0.667. The summed E-state index contributed by atoms with van der Waals surface area (Å²) in [6, 6.07) is 0. The van der Waals surface area contributed by atoms with Gasteiger partial charge < -0.3 is 9.47 Å². The lowest BCUT2D eigenvalue weighted by Crippen LogP contribution is -2.63. The van der Waals surface area contributed by atoms with Crippen molar-refractivity contribution in [1.29, 1.82) is 0 Å². The highest BCUT2D eigenvalue weighted by atomic mass is 35.5. The topological polar surface area (TPSA) is 86.7 Å². The van der Waals surface area contributed by atoms with E-state index in [1.165, 1.54) is 7.11 Å². The van der Waals surface area contributed by atoms with Gasteiger partial charge in [0.25, 0.3) is 0 Å². The third kappa shape index (κ3) is 2.98. The van der Waals surface area contributed by atoms with Gasteiger partial charge in [-0.1, -0.05) is 55.6 Å². The van der Waals surface area contributed by atoms with E-state index in [1.807, 2.05) is 26.8 Å². The molecule has 174 valence electrons. The number of alkyl halides is 2. The molecule has 0 aromatic carbocycles. The number of ketones is 2. The first-order valence-electron chi connectivity index (χ1n) is 11.0. The smallest absolute Gasteiger partial charge is 0.351 e. The second-order valence-electron chi connectivity index (χ2n) is 10.1. The van der Waals surface area contributed by atoms with E-state index < -0.39 is 33.2 Å². The Kier molecular flexibility index (Phi) is 5.65. The Morgan fingerprint density at radius 2 is 1.91 bits per heavy atom. The van der Waals surface area contributed by atoms with Crippen LogP contribution in [-0.4, -0.2) is 41.1 Å². The molecule has 0 bridgehead atoms. The lowest BCUT2D eigenvalue weighted by atomic mass is 9.47. The number of hydrogen-bond donors (Lipinski definition) is 0. The average molecular weight is 483 g/mol. The highest BCUT2D eigenvalue weighted by molar-refractivity contribution is 6.53. The zero-order valence-corrected chi connectivity index (χ0v) is 20.2. The maximum absolute atomic E-state index is 13.8. The summed E-state index contributed by atoms with van der Waals surface area (Å²) in [6.45, 7) is 5.72. The van der Waals surface area contributed by atoms with Crippen LogP contribution in [0.1, 0.15) is 46.5 Å². The van der Waals surface area contributed by atoms with E-state index in [4.69, 9.17) is 32.7 Å². The molecule has 4 rings (SSSR count). The lowest BCUT2D eigenvalue weighted by Gasteiger charge is -2.56. The number of methoxy groups -OCH3 is 1. The van der Waals surface area contributed by atoms with Crippen molar-refractivity contribution in [1.82, 2.24) is 0 Å². The van der Waals surface area contributed by atoms with E-state index in [2.05, 4.69) is 0 Å². The molecule has 0 amide bonds. The summed E-state index contributed by atoms with van der Waals surface area (Å²) < 4.78 is 10.9. The molecule has 0 heterocycles. The fourth-order valence-corrected chi connectivity index (χ4v) is 7.49. The molecule has 0 saturated heterocycles. The molecule has 3 fully saturated rings. The Bertz CT molecular complexity index is 954. The van der Waals surface area contributed by atoms with Crippen LogP contribution in [0.2, 0.25) is 0 Å². The summed E-state index contributed by atoms with van der Waals surface area (Å²) in [6.07, 6.45) is 7.18. The van der Waals surface area contributed by atoms with Gasteiger partial charge in [-0.15, -0.1) is 0 Å². The van der Waals surface area contributed by atoms with Crippen molar-refractivity contribution in [2.75, 3.05) is 7.11 Å². The van der Waals surface area contributed by atoms with Crippen LogP contribution in [0.5, 0.6) is 0 Å². The molecule has 0 radical (unpaired) electrons. The van der Waals surface area contributed by atoms with Gasteiger partial charge in [-0.25, -0.2) is 9.59 Å². The summed E-state index contributed by atoms with van der Waals surface area (Å²) in [7, 11) is 1.25. The Morgan fingerprint density at radius 1 is 1.22 bits per heavy atom. The number of rotatable bonds is 3. The molecule has 0 N–H and O–H groups in total. The van der Waals surface area contributed by atoms with Crippen LogP contribution in [-0.2, 0) is 28.7 Å². The number of ether oxygens (including phenoxy) is 2. The van der Waals surface area contributed by atoms with E-state index >= 15 is 0 Å². The number of hydrogen-bond acceptors (Lipinski definition) is 6. The zero-order chi connectivity index (χ0) is 23.6. The quantitative estimate of drug-likeness (QED) is 0.446. The van der Waals surface area contributed by atoms with Crippen molar-refractivity contribution in [3.8, 4) is 0 Å². The number of fused-ring (bicyclic) bond motifs is 5. The van der Waals surface area contributed by atoms with Gasteiger partial charge in [0.05, 0.1) is 7.11 Å². The summed E-state index contributed by atoms with van der Waals surface area (Å²) in [5.74, 6) is -2.40. The largest absolute Gasteiger partial charge is 0.466 e. The maximum Gasteiger partial charge on any atom is 0.351 e. The third-order valence-corrected chi connectivity index (χ3v) is 9.08. The highest BCUT2D eigenvalue weighted by Crippen LogP contribution is 2.68. The molecular weight excluding hydrogens is 455 g/mol. The van der Waals surface area contributed by atoms with E-state index in [0.29, 0.717) is 12.8 Å². The van der Waals surface area contributed by atoms with Crippen LogP contribution in [0.3, 0.4) is 0 Å². The average Bonchev–Trinajstić information content (AvgIpc) is 2.94. The van der Waals surface area contributed by atoms with Crippen molar-refractivity contribution >= 4 is 46.7 Å². The molecule has 3 saturated carbocycles. The second kappa shape index (κ2) is 7.69. The Hall–Kier alpha value is -1.66. The first kappa shape index (κ1) is 23.5.